The zero-order valence-corrected chi connectivity index (χ0v) is 11.0. The van der Waals surface area contributed by atoms with Gasteiger partial charge in [0.25, 0.3) is 0 Å². The normalized spacial score (nSPS) is 19.4. The molecule has 1 saturated carbocycles. The molecule has 102 valence electrons. The van der Waals surface area contributed by atoms with Crippen molar-refractivity contribution >= 4 is 17.4 Å². The van der Waals surface area contributed by atoms with E-state index in [-0.39, 0.29) is 6.03 Å². The van der Waals surface area contributed by atoms with Crippen LogP contribution < -0.4 is 16.0 Å². The molecule has 3 rings (SSSR count). The summed E-state index contributed by atoms with van der Waals surface area (Å²) in [6.45, 7) is 3.32. The maximum Gasteiger partial charge on any atom is 0.317 e. The van der Waals surface area contributed by atoms with E-state index in [0.29, 0.717) is 6.04 Å². The molecular formula is C14H20N4O. The fraction of sp³-hybridized carbons (Fsp3) is 0.500. The van der Waals surface area contributed by atoms with Crippen LogP contribution in [-0.2, 0) is 0 Å². The highest BCUT2D eigenvalue weighted by Gasteiger charge is 2.27. The van der Waals surface area contributed by atoms with Crippen LogP contribution in [0.5, 0.6) is 0 Å². The van der Waals surface area contributed by atoms with Crippen molar-refractivity contribution < 1.29 is 4.79 Å². The lowest BCUT2D eigenvalue weighted by Gasteiger charge is -2.36. The first kappa shape index (κ1) is 12.1. The second-order valence-electron chi connectivity index (χ2n) is 5.29. The lowest BCUT2D eigenvalue weighted by atomic mass is 10.2. The van der Waals surface area contributed by atoms with E-state index < -0.39 is 0 Å². The van der Waals surface area contributed by atoms with E-state index in [9.17, 15) is 4.79 Å². The summed E-state index contributed by atoms with van der Waals surface area (Å²) in [5, 5.41) is 3.04. The molecule has 2 fully saturated rings. The Hall–Kier alpha value is -1.91. The number of anilines is 2. The number of urea groups is 1. The minimum Gasteiger partial charge on any atom is -0.399 e. The summed E-state index contributed by atoms with van der Waals surface area (Å²) in [5.41, 5.74) is 7.65. The van der Waals surface area contributed by atoms with Crippen LogP contribution in [0.15, 0.2) is 24.3 Å². The average Bonchev–Trinajstić information content (AvgIpc) is 3.24. The number of nitrogens with two attached hydrogens (primary N) is 1. The maximum absolute atomic E-state index is 11.9. The molecule has 1 aromatic carbocycles. The highest BCUT2D eigenvalue weighted by molar-refractivity contribution is 5.75. The van der Waals surface area contributed by atoms with Crippen molar-refractivity contribution in [1.29, 1.82) is 0 Å². The molecule has 1 aromatic rings. The first-order valence-corrected chi connectivity index (χ1v) is 6.88. The van der Waals surface area contributed by atoms with Gasteiger partial charge in [-0.05, 0) is 37.1 Å². The van der Waals surface area contributed by atoms with Gasteiger partial charge in [-0.2, -0.15) is 0 Å². The first-order valence-electron chi connectivity index (χ1n) is 6.88. The molecule has 0 atom stereocenters. The number of hydrogen-bond acceptors (Lipinski definition) is 3. The second kappa shape index (κ2) is 4.99. The summed E-state index contributed by atoms with van der Waals surface area (Å²) in [6.07, 6.45) is 2.27. The van der Waals surface area contributed by atoms with Gasteiger partial charge >= 0.3 is 6.03 Å². The molecule has 2 amide bonds. The van der Waals surface area contributed by atoms with Crippen molar-refractivity contribution in [2.45, 2.75) is 18.9 Å². The molecule has 0 unspecified atom stereocenters. The van der Waals surface area contributed by atoms with Crippen LogP contribution in [0.1, 0.15) is 12.8 Å². The zero-order chi connectivity index (χ0) is 13.2. The molecule has 1 aliphatic heterocycles. The zero-order valence-electron chi connectivity index (χ0n) is 11.0. The third-order valence-electron chi connectivity index (χ3n) is 3.73. The van der Waals surface area contributed by atoms with E-state index in [1.165, 1.54) is 5.69 Å². The molecular weight excluding hydrogens is 240 g/mol. The van der Waals surface area contributed by atoms with Crippen LogP contribution in [0, 0.1) is 0 Å². The van der Waals surface area contributed by atoms with Crippen molar-refractivity contribution in [3.63, 3.8) is 0 Å². The van der Waals surface area contributed by atoms with Gasteiger partial charge in [0.05, 0.1) is 0 Å². The molecule has 2 aliphatic rings. The fourth-order valence-corrected chi connectivity index (χ4v) is 2.35. The van der Waals surface area contributed by atoms with Gasteiger partial charge in [0, 0.05) is 43.6 Å². The van der Waals surface area contributed by atoms with Crippen LogP contribution in [0.2, 0.25) is 0 Å². The lowest BCUT2D eigenvalue weighted by molar-refractivity contribution is 0.194. The quantitative estimate of drug-likeness (QED) is 0.787. The Morgan fingerprint density at radius 3 is 2.32 bits per heavy atom. The SMILES string of the molecule is Nc1ccc(N2CCN(C(=O)NC3CC3)CC2)cc1. The Kier molecular flexibility index (Phi) is 3.19. The molecule has 1 aliphatic carbocycles. The van der Waals surface area contributed by atoms with Crippen LogP contribution in [-0.4, -0.2) is 43.2 Å². The number of nitrogens with one attached hydrogen (secondary N) is 1. The van der Waals surface area contributed by atoms with Gasteiger partial charge in [-0.1, -0.05) is 0 Å². The van der Waals surface area contributed by atoms with E-state index in [1.807, 2.05) is 29.2 Å². The Bertz CT molecular complexity index is 447. The predicted octanol–water partition coefficient (Wildman–Crippen LogP) is 1.26. The van der Waals surface area contributed by atoms with Crippen LogP contribution in [0.3, 0.4) is 0 Å². The van der Waals surface area contributed by atoms with Crippen LogP contribution in [0.4, 0.5) is 16.2 Å². The first-order chi connectivity index (χ1) is 9.22. The summed E-state index contributed by atoms with van der Waals surface area (Å²) in [6, 6.07) is 8.44. The topological polar surface area (TPSA) is 61.6 Å². The van der Waals surface area contributed by atoms with Gasteiger partial charge in [-0.3, -0.25) is 0 Å². The van der Waals surface area contributed by atoms with E-state index in [2.05, 4.69) is 10.2 Å². The van der Waals surface area contributed by atoms with Crippen molar-refractivity contribution in [2.24, 2.45) is 0 Å². The van der Waals surface area contributed by atoms with Gasteiger partial charge in [0.2, 0.25) is 0 Å². The van der Waals surface area contributed by atoms with Gasteiger partial charge in [0.15, 0.2) is 0 Å². The molecule has 19 heavy (non-hydrogen) atoms. The van der Waals surface area contributed by atoms with Crippen molar-refractivity contribution in [2.75, 3.05) is 36.8 Å². The highest BCUT2D eigenvalue weighted by atomic mass is 16.2. The summed E-state index contributed by atoms with van der Waals surface area (Å²) in [7, 11) is 0. The summed E-state index contributed by atoms with van der Waals surface area (Å²) < 4.78 is 0. The number of nitrogen functional groups attached to an aromatic ring is 1. The number of hydrogen-bond donors (Lipinski definition) is 2. The Morgan fingerprint density at radius 1 is 1.11 bits per heavy atom. The summed E-state index contributed by atoms with van der Waals surface area (Å²) in [4.78, 5) is 16.1. The average molecular weight is 260 g/mol. The third-order valence-corrected chi connectivity index (χ3v) is 3.73. The van der Waals surface area contributed by atoms with Crippen molar-refractivity contribution in [1.82, 2.24) is 10.2 Å². The van der Waals surface area contributed by atoms with Crippen molar-refractivity contribution in [3.8, 4) is 0 Å². The number of rotatable bonds is 2. The molecule has 0 aromatic heterocycles. The largest absolute Gasteiger partial charge is 0.399 e. The van der Waals surface area contributed by atoms with Crippen LogP contribution >= 0.6 is 0 Å². The van der Waals surface area contributed by atoms with E-state index in [1.54, 1.807) is 0 Å². The standard InChI is InChI=1S/C14H20N4O/c15-11-1-5-13(6-2-11)17-7-9-18(10-8-17)14(19)16-12-3-4-12/h1-2,5-6,12H,3-4,7-10,15H2,(H,16,19). The fourth-order valence-electron chi connectivity index (χ4n) is 2.35. The molecule has 5 nitrogen and oxygen atoms in total. The molecule has 1 heterocycles. The molecule has 0 bridgehead atoms. The summed E-state index contributed by atoms with van der Waals surface area (Å²) in [5.74, 6) is 0. The number of carbonyl (C=O) groups excluding carboxylic acids is 1. The summed E-state index contributed by atoms with van der Waals surface area (Å²) >= 11 is 0. The molecule has 0 spiro atoms. The maximum atomic E-state index is 11.9. The number of carbonyl (C=O) groups is 1. The van der Waals surface area contributed by atoms with E-state index >= 15 is 0 Å². The number of piperazine rings is 1. The van der Waals surface area contributed by atoms with Gasteiger partial charge in [0.1, 0.15) is 0 Å². The smallest absolute Gasteiger partial charge is 0.317 e. The minimum atomic E-state index is 0.0967. The van der Waals surface area contributed by atoms with Gasteiger partial charge < -0.3 is 20.9 Å². The lowest BCUT2D eigenvalue weighted by Crippen LogP contribution is -2.52. The highest BCUT2D eigenvalue weighted by Crippen LogP contribution is 2.20. The Morgan fingerprint density at radius 2 is 1.74 bits per heavy atom. The number of amides is 2. The minimum absolute atomic E-state index is 0.0967. The molecule has 5 heteroatoms. The van der Waals surface area contributed by atoms with Gasteiger partial charge in [-0.15, -0.1) is 0 Å². The van der Waals surface area contributed by atoms with Crippen molar-refractivity contribution in [3.05, 3.63) is 24.3 Å². The monoisotopic (exact) mass is 260 g/mol. The Labute approximate surface area is 113 Å². The van der Waals surface area contributed by atoms with E-state index in [4.69, 9.17) is 5.73 Å². The second-order valence-corrected chi connectivity index (χ2v) is 5.29. The molecule has 3 N–H and O–H groups in total. The molecule has 0 radical (unpaired) electrons. The predicted molar refractivity (Wildman–Crippen MR) is 76.2 cm³/mol. The number of nitrogens with zero attached hydrogens (tertiary/aromatic N) is 2. The van der Waals surface area contributed by atoms with Gasteiger partial charge in [-0.25, -0.2) is 4.79 Å². The third kappa shape index (κ3) is 2.92. The Balaban J connectivity index is 1.53. The van der Waals surface area contributed by atoms with Crippen LogP contribution in [0.25, 0.3) is 0 Å². The number of benzene rings is 1. The molecule has 1 saturated heterocycles. The van der Waals surface area contributed by atoms with E-state index in [0.717, 1.165) is 44.7 Å².